The third kappa shape index (κ3) is 0.906. The first-order chi connectivity index (χ1) is 5.27. The molecule has 0 amide bonds. The smallest absolute Gasteiger partial charge is 0.144 e. The van der Waals surface area contributed by atoms with Crippen molar-refractivity contribution in [3.63, 3.8) is 0 Å². The predicted octanol–water partition coefficient (Wildman–Crippen LogP) is -0.00950. The van der Waals surface area contributed by atoms with Gasteiger partial charge in [-0.1, -0.05) is 0 Å². The zero-order valence-corrected chi connectivity index (χ0v) is 6.36. The first-order valence-corrected chi connectivity index (χ1v) is 3.63. The summed E-state index contributed by atoms with van der Waals surface area (Å²) in [5, 5.41) is 4.11. The summed E-state index contributed by atoms with van der Waals surface area (Å²) in [6.45, 7) is 2.86. The Labute approximate surface area is 64.7 Å². The fourth-order valence-electron chi connectivity index (χ4n) is 1.29. The largest absolute Gasteiger partial charge is 0.382 e. The lowest BCUT2D eigenvalue weighted by Crippen LogP contribution is -2.29. The highest BCUT2D eigenvalue weighted by molar-refractivity contribution is 5.96. The summed E-state index contributed by atoms with van der Waals surface area (Å²) in [6, 6.07) is 2.13. The minimum Gasteiger partial charge on any atom is -0.382 e. The number of nitrogens with two attached hydrogens (primary N) is 1. The molecule has 0 fully saturated rings. The van der Waals surface area contributed by atoms with Gasteiger partial charge in [-0.3, -0.25) is 9.67 Å². The van der Waals surface area contributed by atoms with Crippen molar-refractivity contribution >= 4 is 5.84 Å². The van der Waals surface area contributed by atoms with E-state index in [0.29, 0.717) is 5.84 Å². The Morgan fingerprint density at radius 2 is 2.55 bits per heavy atom. The maximum atomic E-state index is 5.67. The summed E-state index contributed by atoms with van der Waals surface area (Å²) in [7, 11) is 0. The molecule has 0 saturated carbocycles. The highest BCUT2D eigenvalue weighted by Crippen LogP contribution is 2.08. The topological polar surface area (TPSA) is 56.2 Å². The summed E-state index contributed by atoms with van der Waals surface area (Å²) in [4.78, 5) is 4.23. The lowest BCUT2D eigenvalue weighted by Gasteiger charge is -2.16. The maximum absolute atomic E-state index is 5.67. The number of amidine groups is 1. The molecule has 1 unspecified atom stereocenters. The number of aromatic nitrogens is 2. The van der Waals surface area contributed by atoms with E-state index in [4.69, 9.17) is 5.73 Å². The van der Waals surface area contributed by atoms with Gasteiger partial charge in [0.1, 0.15) is 11.5 Å². The van der Waals surface area contributed by atoms with Crippen LogP contribution in [-0.4, -0.2) is 21.7 Å². The number of fused-ring (bicyclic) bond motifs is 1. The fourth-order valence-corrected chi connectivity index (χ4v) is 1.29. The van der Waals surface area contributed by atoms with Gasteiger partial charge in [0.2, 0.25) is 0 Å². The Kier molecular flexibility index (Phi) is 1.21. The molecular formula is C7H10N4. The van der Waals surface area contributed by atoms with E-state index in [2.05, 4.69) is 10.1 Å². The van der Waals surface area contributed by atoms with Gasteiger partial charge in [-0.25, -0.2) is 0 Å². The van der Waals surface area contributed by atoms with E-state index in [-0.39, 0.29) is 6.04 Å². The molecular weight excluding hydrogens is 140 g/mol. The summed E-state index contributed by atoms with van der Waals surface area (Å²) in [5.41, 5.74) is 6.60. The van der Waals surface area contributed by atoms with Crippen LogP contribution in [0, 0.1) is 0 Å². The molecule has 58 valence electrons. The zero-order valence-electron chi connectivity index (χ0n) is 6.36. The van der Waals surface area contributed by atoms with Gasteiger partial charge >= 0.3 is 0 Å². The summed E-state index contributed by atoms with van der Waals surface area (Å²) < 4.78 is 1.88. The van der Waals surface area contributed by atoms with E-state index in [0.717, 1.165) is 12.2 Å². The normalized spacial score (nSPS) is 22.6. The van der Waals surface area contributed by atoms with Crippen molar-refractivity contribution in [2.24, 2.45) is 10.7 Å². The van der Waals surface area contributed by atoms with Crippen LogP contribution in [0.1, 0.15) is 12.6 Å². The second kappa shape index (κ2) is 2.08. The highest BCUT2D eigenvalue weighted by atomic mass is 15.3. The van der Waals surface area contributed by atoms with Gasteiger partial charge in [0, 0.05) is 6.20 Å². The van der Waals surface area contributed by atoms with Gasteiger partial charge in [-0.2, -0.15) is 5.10 Å². The monoisotopic (exact) mass is 150 g/mol. The SMILES string of the molecule is CC1Cn2nccc2C(N)=N1. The number of hydrogen-bond acceptors (Lipinski definition) is 3. The van der Waals surface area contributed by atoms with Gasteiger partial charge in [-0.05, 0) is 13.0 Å². The fraction of sp³-hybridized carbons (Fsp3) is 0.429. The number of hydrogen-bond donors (Lipinski definition) is 1. The van der Waals surface area contributed by atoms with Crippen LogP contribution < -0.4 is 5.73 Å². The molecule has 1 aliphatic rings. The Morgan fingerprint density at radius 1 is 1.73 bits per heavy atom. The van der Waals surface area contributed by atoms with Crippen molar-refractivity contribution in [2.75, 3.05) is 0 Å². The molecule has 0 radical (unpaired) electrons. The van der Waals surface area contributed by atoms with Crippen LogP contribution in [0.2, 0.25) is 0 Å². The van der Waals surface area contributed by atoms with Crippen LogP contribution >= 0.6 is 0 Å². The highest BCUT2D eigenvalue weighted by Gasteiger charge is 2.15. The molecule has 1 aliphatic heterocycles. The van der Waals surface area contributed by atoms with Crippen LogP contribution in [0.3, 0.4) is 0 Å². The van der Waals surface area contributed by atoms with Gasteiger partial charge in [0.15, 0.2) is 0 Å². The summed E-state index contributed by atoms with van der Waals surface area (Å²) in [6.07, 6.45) is 1.75. The molecule has 1 aromatic heterocycles. The van der Waals surface area contributed by atoms with Crippen LogP contribution in [0.4, 0.5) is 0 Å². The quantitative estimate of drug-likeness (QED) is 0.565. The van der Waals surface area contributed by atoms with E-state index in [9.17, 15) is 0 Å². The second-order valence-electron chi connectivity index (χ2n) is 2.76. The second-order valence-corrected chi connectivity index (χ2v) is 2.76. The molecule has 11 heavy (non-hydrogen) atoms. The molecule has 2 rings (SSSR count). The summed E-state index contributed by atoms with van der Waals surface area (Å²) in [5.74, 6) is 0.598. The van der Waals surface area contributed by atoms with Crippen molar-refractivity contribution in [3.05, 3.63) is 18.0 Å². The third-order valence-corrected chi connectivity index (χ3v) is 1.78. The van der Waals surface area contributed by atoms with E-state index in [1.165, 1.54) is 0 Å². The first kappa shape index (κ1) is 6.39. The van der Waals surface area contributed by atoms with E-state index in [1.807, 2.05) is 17.7 Å². The summed E-state index contributed by atoms with van der Waals surface area (Å²) >= 11 is 0. The molecule has 0 bridgehead atoms. The molecule has 2 N–H and O–H groups in total. The number of aliphatic imine (C=N–C) groups is 1. The van der Waals surface area contributed by atoms with Crippen LogP contribution in [0.15, 0.2) is 17.3 Å². The van der Waals surface area contributed by atoms with Crippen molar-refractivity contribution in [1.82, 2.24) is 9.78 Å². The minimum absolute atomic E-state index is 0.252. The Bertz CT molecular complexity index is 299. The average molecular weight is 150 g/mol. The molecule has 0 aromatic carbocycles. The molecule has 1 aromatic rings. The standard InChI is InChI=1S/C7H10N4/c1-5-4-11-6(2-3-9-11)7(8)10-5/h2-3,5H,4H2,1H3,(H2,8,10). The predicted molar refractivity (Wildman–Crippen MR) is 42.4 cm³/mol. The lowest BCUT2D eigenvalue weighted by atomic mass is 10.2. The van der Waals surface area contributed by atoms with E-state index >= 15 is 0 Å². The Hall–Kier alpha value is -1.32. The molecule has 4 nitrogen and oxygen atoms in total. The Morgan fingerprint density at radius 3 is 3.36 bits per heavy atom. The van der Waals surface area contributed by atoms with Gasteiger partial charge in [0.25, 0.3) is 0 Å². The van der Waals surface area contributed by atoms with Crippen LogP contribution in [0.5, 0.6) is 0 Å². The lowest BCUT2D eigenvalue weighted by molar-refractivity contribution is 0.521. The number of rotatable bonds is 0. The molecule has 0 aliphatic carbocycles. The average Bonchev–Trinajstić information content (AvgIpc) is 2.34. The van der Waals surface area contributed by atoms with E-state index in [1.54, 1.807) is 6.20 Å². The number of nitrogens with zero attached hydrogens (tertiary/aromatic N) is 3. The molecule has 2 heterocycles. The zero-order chi connectivity index (χ0) is 7.84. The molecule has 4 heteroatoms. The Balaban J connectivity index is 2.50. The van der Waals surface area contributed by atoms with Crippen molar-refractivity contribution in [2.45, 2.75) is 19.5 Å². The van der Waals surface area contributed by atoms with Gasteiger partial charge < -0.3 is 5.73 Å². The van der Waals surface area contributed by atoms with Crippen LogP contribution in [-0.2, 0) is 6.54 Å². The van der Waals surface area contributed by atoms with Gasteiger partial charge in [-0.15, -0.1) is 0 Å². The third-order valence-electron chi connectivity index (χ3n) is 1.78. The molecule has 1 atom stereocenters. The molecule has 0 spiro atoms. The maximum Gasteiger partial charge on any atom is 0.144 e. The van der Waals surface area contributed by atoms with E-state index < -0.39 is 0 Å². The minimum atomic E-state index is 0.252. The molecule has 0 saturated heterocycles. The van der Waals surface area contributed by atoms with Crippen LogP contribution in [0.25, 0.3) is 0 Å². The van der Waals surface area contributed by atoms with Crippen molar-refractivity contribution in [1.29, 1.82) is 0 Å². The first-order valence-electron chi connectivity index (χ1n) is 3.63. The van der Waals surface area contributed by atoms with Crippen molar-refractivity contribution < 1.29 is 0 Å². The van der Waals surface area contributed by atoms with Crippen molar-refractivity contribution in [3.8, 4) is 0 Å². The van der Waals surface area contributed by atoms with Gasteiger partial charge in [0.05, 0.1) is 12.6 Å².